The second-order valence-electron chi connectivity index (χ2n) is 4.73. The van der Waals surface area contributed by atoms with E-state index < -0.39 is 4.92 Å². The molecule has 2 rings (SSSR count). The lowest BCUT2D eigenvalue weighted by Gasteiger charge is -2.02. The highest BCUT2D eigenvalue weighted by Gasteiger charge is 2.06. The molecule has 0 fully saturated rings. The van der Waals surface area contributed by atoms with Crippen molar-refractivity contribution < 1.29 is 9.72 Å². The summed E-state index contributed by atoms with van der Waals surface area (Å²) >= 11 is 0. The summed E-state index contributed by atoms with van der Waals surface area (Å²) in [7, 11) is 0. The first-order valence-electron chi connectivity index (χ1n) is 6.53. The third-order valence-corrected chi connectivity index (χ3v) is 2.90. The van der Waals surface area contributed by atoms with E-state index in [1.807, 2.05) is 19.9 Å². The molecule has 0 bridgehead atoms. The van der Waals surface area contributed by atoms with E-state index in [-0.39, 0.29) is 18.1 Å². The van der Waals surface area contributed by atoms with Crippen LogP contribution >= 0.6 is 0 Å². The van der Waals surface area contributed by atoms with Crippen LogP contribution in [0.3, 0.4) is 0 Å². The van der Waals surface area contributed by atoms with Gasteiger partial charge in [0, 0.05) is 17.8 Å². The lowest BCUT2D eigenvalue weighted by molar-refractivity contribution is -0.384. The van der Waals surface area contributed by atoms with Crippen LogP contribution in [0.1, 0.15) is 17.0 Å². The number of benzene rings is 1. The smallest absolute Gasteiger partial charge is 0.269 e. The van der Waals surface area contributed by atoms with E-state index in [1.165, 1.54) is 18.3 Å². The van der Waals surface area contributed by atoms with Crippen molar-refractivity contribution in [3.63, 3.8) is 0 Å². The van der Waals surface area contributed by atoms with Crippen molar-refractivity contribution >= 4 is 17.8 Å². The Morgan fingerprint density at radius 2 is 2.09 bits per heavy atom. The van der Waals surface area contributed by atoms with Crippen LogP contribution in [0.15, 0.2) is 35.4 Å². The summed E-state index contributed by atoms with van der Waals surface area (Å²) in [5, 5.41) is 18.5. The average Bonchev–Trinajstić information content (AvgIpc) is 2.77. The molecule has 1 aromatic carbocycles. The number of amides is 1. The highest BCUT2D eigenvalue weighted by molar-refractivity contribution is 5.82. The van der Waals surface area contributed by atoms with Gasteiger partial charge < -0.3 is 0 Å². The first-order valence-corrected chi connectivity index (χ1v) is 6.53. The maximum Gasteiger partial charge on any atom is 0.269 e. The highest BCUT2D eigenvalue weighted by atomic mass is 16.6. The van der Waals surface area contributed by atoms with Gasteiger partial charge in [-0.05, 0) is 37.6 Å². The Kier molecular flexibility index (Phi) is 4.62. The van der Waals surface area contributed by atoms with Crippen molar-refractivity contribution in [3.05, 3.63) is 57.4 Å². The van der Waals surface area contributed by atoms with Crippen molar-refractivity contribution in [3.8, 4) is 0 Å². The number of aromatic nitrogens is 2. The van der Waals surface area contributed by atoms with E-state index in [0.717, 1.165) is 11.4 Å². The second-order valence-corrected chi connectivity index (χ2v) is 4.73. The molecule has 0 spiro atoms. The monoisotopic (exact) mass is 301 g/mol. The van der Waals surface area contributed by atoms with Gasteiger partial charge in [-0.2, -0.15) is 10.2 Å². The molecule has 8 nitrogen and oxygen atoms in total. The zero-order valence-corrected chi connectivity index (χ0v) is 12.2. The Balaban J connectivity index is 1.90. The van der Waals surface area contributed by atoms with Crippen LogP contribution in [0.5, 0.6) is 0 Å². The summed E-state index contributed by atoms with van der Waals surface area (Å²) in [4.78, 5) is 21.8. The maximum absolute atomic E-state index is 11.7. The Morgan fingerprint density at radius 3 is 2.64 bits per heavy atom. The largest absolute Gasteiger partial charge is 0.271 e. The normalized spacial score (nSPS) is 10.8. The van der Waals surface area contributed by atoms with Gasteiger partial charge in [0.05, 0.1) is 16.8 Å². The van der Waals surface area contributed by atoms with Crippen LogP contribution in [-0.4, -0.2) is 26.8 Å². The maximum atomic E-state index is 11.7. The summed E-state index contributed by atoms with van der Waals surface area (Å²) in [5.74, 6) is -0.302. The number of nitrogens with zero attached hydrogens (tertiary/aromatic N) is 4. The van der Waals surface area contributed by atoms with Crippen molar-refractivity contribution in [1.29, 1.82) is 0 Å². The third-order valence-electron chi connectivity index (χ3n) is 2.90. The lowest BCUT2D eigenvalue weighted by atomic mass is 10.2. The van der Waals surface area contributed by atoms with Crippen LogP contribution in [0.4, 0.5) is 5.69 Å². The summed E-state index contributed by atoms with van der Waals surface area (Å²) in [6.45, 7) is 3.80. The fraction of sp³-hybridized carbons (Fsp3) is 0.214. The van der Waals surface area contributed by atoms with Crippen molar-refractivity contribution in [1.82, 2.24) is 15.2 Å². The molecule has 1 heterocycles. The Bertz CT molecular complexity index is 719. The summed E-state index contributed by atoms with van der Waals surface area (Å²) in [6, 6.07) is 7.73. The fourth-order valence-electron chi connectivity index (χ4n) is 1.87. The number of carbonyl (C=O) groups is 1. The molecule has 0 aliphatic rings. The average molecular weight is 301 g/mol. The Hall–Kier alpha value is -3.03. The van der Waals surface area contributed by atoms with Gasteiger partial charge in [-0.15, -0.1) is 0 Å². The Morgan fingerprint density at radius 1 is 1.41 bits per heavy atom. The number of nitrogens with one attached hydrogen (secondary N) is 1. The molecule has 114 valence electrons. The minimum absolute atomic E-state index is 0.00529. The van der Waals surface area contributed by atoms with Gasteiger partial charge >= 0.3 is 0 Å². The highest BCUT2D eigenvalue weighted by Crippen LogP contribution is 2.10. The van der Waals surface area contributed by atoms with Crippen LogP contribution in [0.2, 0.25) is 0 Å². The molecule has 0 saturated carbocycles. The van der Waals surface area contributed by atoms with Crippen LogP contribution in [0, 0.1) is 24.0 Å². The SMILES string of the molecule is Cc1cc(C)n(CC(=O)NN=Cc2ccc([N+](=O)[O-])cc2)n1. The first kappa shape index (κ1) is 15.4. The standard InChI is InChI=1S/C14H15N5O3/c1-10-7-11(2)18(17-10)9-14(20)16-15-8-12-3-5-13(6-4-12)19(21)22/h3-8H,9H2,1-2H3,(H,16,20). The molecular weight excluding hydrogens is 286 g/mol. The molecule has 0 atom stereocenters. The van der Waals surface area contributed by atoms with Gasteiger partial charge in [-0.25, -0.2) is 5.43 Å². The van der Waals surface area contributed by atoms with Gasteiger partial charge in [-0.1, -0.05) is 0 Å². The van der Waals surface area contributed by atoms with Crippen LogP contribution < -0.4 is 5.43 Å². The van der Waals surface area contributed by atoms with E-state index in [0.29, 0.717) is 5.56 Å². The van der Waals surface area contributed by atoms with Crippen molar-refractivity contribution in [2.24, 2.45) is 5.10 Å². The molecule has 1 N–H and O–H groups in total. The van der Waals surface area contributed by atoms with Crippen molar-refractivity contribution in [2.75, 3.05) is 0 Å². The summed E-state index contributed by atoms with van der Waals surface area (Å²) < 4.78 is 1.59. The lowest BCUT2D eigenvalue weighted by Crippen LogP contribution is -2.24. The summed E-state index contributed by atoms with van der Waals surface area (Å²) in [6.07, 6.45) is 1.42. The van der Waals surface area contributed by atoms with Gasteiger partial charge in [0.25, 0.3) is 11.6 Å². The van der Waals surface area contributed by atoms with Crippen molar-refractivity contribution in [2.45, 2.75) is 20.4 Å². The molecular formula is C14H15N5O3. The Labute approximate surface area is 126 Å². The molecule has 1 amide bonds. The summed E-state index contributed by atoms with van der Waals surface area (Å²) in [5.41, 5.74) is 4.79. The quantitative estimate of drug-likeness (QED) is 0.514. The van der Waals surface area contributed by atoms with E-state index in [2.05, 4.69) is 15.6 Å². The molecule has 0 aliphatic heterocycles. The molecule has 0 saturated heterocycles. The van der Waals surface area contributed by atoms with Crippen LogP contribution in [-0.2, 0) is 11.3 Å². The predicted molar refractivity (Wildman–Crippen MR) is 80.5 cm³/mol. The van der Waals surface area contributed by atoms with Gasteiger partial charge in [0.2, 0.25) is 0 Å². The van der Waals surface area contributed by atoms with E-state index in [1.54, 1.807) is 16.8 Å². The van der Waals surface area contributed by atoms with Gasteiger partial charge in [0.15, 0.2) is 0 Å². The number of non-ortho nitro benzene ring substituents is 1. The van der Waals surface area contributed by atoms with Gasteiger partial charge in [0.1, 0.15) is 6.54 Å². The topological polar surface area (TPSA) is 102 Å². The first-order chi connectivity index (χ1) is 10.5. The number of hydrogen-bond acceptors (Lipinski definition) is 5. The van der Waals surface area contributed by atoms with Gasteiger partial charge in [-0.3, -0.25) is 19.6 Å². The number of hydrogen-bond donors (Lipinski definition) is 1. The number of nitro benzene ring substituents is 1. The zero-order valence-electron chi connectivity index (χ0n) is 12.2. The second kappa shape index (κ2) is 6.61. The predicted octanol–water partition coefficient (Wildman–Crippen LogP) is 1.56. The third kappa shape index (κ3) is 3.98. The molecule has 0 unspecified atom stereocenters. The zero-order chi connectivity index (χ0) is 16.1. The minimum atomic E-state index is -0.475. The van der Waals surface area contributed by atoms with Crippen LogP contribution in [0.25, 0.3) is 0 Å². The number of rotatable bonds is 5. The number of carbonyl (C=O) groups excluding carboxylic acids is 1. The molecule has 0 radical (unpaired) electrons. The number of hydrazone groups is 1. The number of nitro groups is 1. The molecule has 2 aromatic rings. The molecule has 1 aromatic heterocycles. The van der Waals surface area contributed by atoms with E-state index in [4.69, 9.17) is 0 Å². The molecule has 22 heavy (non-hydrogen) atoms. The molecule has 0 aliphatic carbocycles. The van der Waals surface area contributed by atoms with E-state index >= 15 is 0 Å². The fourth-order valence-corrected chi connectivity index (χ4v) is 1.87. The minimum Gasteiger partial charge on any atom is -0.271 e. The van der Waals surface area contributed by atoms with E-state index in [9.17, 15) is 14.9 Å². The molecule has 8 heteroatoms. The number of aryl methyl sites for hydroxylation is 2.